The highest BCUT2D eigenvalue weighted by atomic mass is 32.1. The van der Waals surface area contributed by atoms with E-state index in [1.54, 1.807) is 23.6 Å². The van der Waals surface area contributed by atoms with Gasteiger partial charge in [0.1, 0.15) is 17.0 Å². The van der Waals surface area contributed by atoms with Crippen LogP contribution in [-0.2, 0) is 0 Å². The van der Waals surface area contributed by atoms with E-state index in [1.165, 1.54) is 12.1 Å². The summed E-state index contributed by atoms with van der Waals surface area (Å²) in [7, 11) is 0. The lowest BCUT2D eigenvalue weighted by Gasteiger charge is -2.01. The van der Waals surface area contributed by atoms with Crippen LogP contribution in [-0.4, -0.2) is 20.2 Å². The second-order valence-corrected chi connectivity index (χ2v) is 5.89. The molecule has 3 heterocycles. The molecule has 4 aromatic rings. The van der Waals surface area contributed by atoms with Crippen molar-refractivity contribution >= 4 is 22.5 Å². The Morgan fingerprint density at radius 2 is 2.14 bits per heavy atom. The third-order valence-electron chi connectivity index (χ3n) is 3.47. The van der Waals surface area contributed by atoms with E-state index in [1.807, 2.05) is 18.4 Å². The summed E-state index contributed by atoms with van der Waals surface area (Å²) in [6.45, 7) is 2.04. The number of thiophene rings is 1. The number of fused-ring (bicyclic) bond motifs is 1. The minimum atomic E-state index is -0.291. The molecule has 0 aliphatic heterocycles. The number of hydrogen-bond donors (Lipinski definition) is 1. The van der Waals surface area contributed by atoms with Gasteiger partial charge >= 0.3 is 0 Å². The lowest BCUT2D eigenvalue weighted by molar-refractivity contribution is 0.628. The van der Waals surface area contributed by atoms with Crippen LogP contribution in [0.15, 0.2) is 41.9 Å². The van der Waals surface area contributed by atoms with E-state index in [0.29, 0.717) is 22.4 Å². The molecule has 1 aromatic carbocycles. The van der Waals surface area contributed by atoms with Crippen molar-refractivity contribution in [2.24, 2.45) is 0 Å². The van der Waals surface area contributed by atoms with E-state index >= 15 is 0 Å². The lowest BCUT2D eigenvalue weighted by Crippen LogP contribution is -1.89. The summed E-state index contributed by atoms with van der Waals surface area (Å²) in [5.41, 5.74) is 4.60. The highest BCUT2D eigenvalue weighted by Crippen LogP contribution is 2.32. The predicted molar refractivity (Wildman–Crippen MR) is 85.1 cm³/mol. The van der Waals surface area contributed by atoms with Gasteiger partial charge in [0.05, 0.1) is 16.8 Å². The largest absolute Gasteiger partial charge is 0.273 e. The summed E-state index contributed by atoms with van der Waals surface area (Å²) in [5, 5.41) is 9.24. The van der Waals surface area contributed by atoms with E-state index in [4.69, 9.17) is 0 Å². The number of halogens is 1. The van der Waals surface area contributed by atoms with Crippen molar-refractivity contribution in [3.8, 4) is 21.8 Å². The molecule has 0 atom stereocenters. The monoisotopic (exact) mass is 310 g/mol. The van der Waals surface area contributed by atoms with Crippen molar-refractivity contribution in [1.82, 2.24) is 20.2 Å². The smallest absolute Gasteiger partial charge is 0.200 e. The molecule has 108 valence electrons. The number of aromatic nitrogens is 4. The van der Waals surface area contributed by atoms with Crippen LogP contribution >= 0.6 is 11.3 Å². The minimum absolute atomic E-state index is 0.291. The van der Waals surface area contributed by atoms with Gasteiger partial charge in [-0.2, -0.15) is 5.10 Å². The maximum absolute atomic E-state index is 13.4. The fourth-order valence-electron chi connectivity index (χ4n) is 2.37. The second kappa shape index (κ2) is 4.99. The zero-order valence-electron chi connectivity index (χ0n) is 11.7. The van der Waals surface area contributed by atoms with Crippen molar-refractivity contribution < 1.29 is 4.39 Å². The molecule has 0 bridgehead atoms. The first-order chi connectivity index (χ1) is 10.7. The molecule has 3 aromatic heterocycles. The maximum atomic E-state index is 13.4. The standard InChI is InChI=1S/C16H11FN4S/c1-9-5-6-22-15(9)13-14-16(21-20-13)18-8-12(19-14)10-3-2-4-11(17)7-10/h2-8H,1H3,(H,18,20,21). The van der Waals surface area contributed by atoms with Gasteiger partial charge < -0.3 is 0 Å². The molecule has 0 unspecified atom stereocenters. The Hall–Kier alpha value is -2.60. The second-order valence-electron chi connectivity index (χ2n) is 4.97. The van der Waals surface area contributed by atoms with Crippen LogP contribution in [0.5, 0.6) is 0 Å². The Balaban J connectivity index is 1.92. The number of nitrogens with zero attached hydrogens (tertiary/aromatic N) is 3. The van der Waals surface area contributed by atoms with E-state index < -0.39 is 0 Å². The zero-order chi connectivity index (χ0) is 15.1. The summed E-state index contributed by atoms with van der Waals surface area (Å²) in [5.74, 6) is -0.291. The lowest BCUT2D eigenvalue weighted by atomic mass is 10.1. The Kier molecular flexibility index (Phi) is 2.97. The van der Waals surface area contributed by atoms with Gasteiger partial charge in [0.15, 0.2) is 5.65 Å². The topological polar surface area (TPSA) is 54.5 Å². The van der Waals surface area contributed by atoms with Crippen molar-refractivity contribution in [3.63, 3.8) is 0 Å². The van der Waals surface area contributed by atoms with Crippen LogP contribution in [0.25, 0.3) is 33.0 Å². The van der Waals surface area contributed by atoms with Crippen LogP contribution in [0.3, 0.4) is 0 Å². The number of aryl methyl sites for hydroxylation is 1. The van der Waals surface area contributed by atoms with Crippen LogP contribution in [0.1, 0.15) is 5.56 Å². The summed E-state index contributed by atoms with van der Waals surface area (Å²) in [4.78, 5) is 10.0. The van der Waals surface area contributed by atoms with Crippen LogP contribution < -0.4 is 0 Å². The van der Waals surface area contributed by atoms with Crippen molar-refractivity contribution in [2.75, 3.05) is 0 Å². The Bertz CT molecular complexity index is 973. The van der Waals surface area contributed by atoms with Gasteiger partial charge in [0, 0.05) is 5.56 Å². The number of H-pyrrole nitrogens is 1. The minimum Gasteiger partial charge on any atom is -0.273 e. The number of aromatic amines is 1. The summed E-state index contributed by atoms with van der Waals surface area (Å²) < 4.78 is 13.4. The molecule has 0 radical (unpaired) electrons. The molecule has 4 nitrogen and oxygen atoms in total. The average molecular weight is 310 g/mol. The molecule has 0 aliphatic rings. The Labute approximate surface area is 129 Å². The first kappa shape index (κ1) is 13.1. The first-order valence-electron chi connectivity index (χ1n) is 6.74. The Morgan fingerprint density at radius 1 is 1.23 bits per heavy atom. The molecular formula is C16H11FN4S. The van der Waals surface area contributed by atoms with Gasteiger partial charge in [-0.25, -0.2) is 14.4 Å². The quantitative estimate of drug-likeness (QED) is 0.604. The van der Waals surface area contributed by atoms with E-state index in [-0.39, 0.29) is 5.82 Å². The van der Waals surface area contributed by atoms with E-state index in [2.05, 4.69) is 26.2 Å². The molecule has 0 saturated heterocycles. The Morgan fingerprint density at radius 3 is 2.91 bits per heavy atom. The van der Waals surface area contributed by atoms with Gasteiger partial charge in [-0.05, 0) is 36.1 Å². The number of nitrogens with one attached hydrogen (secondary N) is 1. The molecule has 0 fully saturated rings. The third kappa shape index (κ3) is 2.08. The molecule has 1 N–H and O–H groups in total. The molecule has 0 aliphatic carbocycles. The fourth-order valence-corrected chi connectivity index (χ4v) is 3.29. The third-order valence-corrected chi connectivity index (χ3v) is 4.51. The van der Waals surface area contributed by atoms with E-state index in [9.17, 15) is 4.39 Å². The fraction of sp³-hybridized carbons (Fsp3) is 0.0625. The van der Waals surface area contributed by atoms with Crippen molar-refractivity contribution in [3.05, 3.63) is 53.3 Å². The van der Waals surface area contributed by atoms with Gasteiger partial charge in [-0.3, -0.25) is 5.10 Å². The van der Waals surface area contributed by atoms with Crippen molar-refractivity contribution in [2.45, 2.75) is 6.92 Å². The number of benzene rings is 1. The van der Waals surface area contributed by atoms with Crippen LogP contribution in [0.2, 0.25) is 0 Å². The van der Waals surface area contributed by atoms with Crippen molar-refractivity contribution in [1.29, 1.82) is 0 Å². The molecule has 0 saturated carbocycles. The molecular weight excluding hydrogens is 299 g/mol. The first-order valence-corrected chi connectivity index (χ1v) is 7.62. The number of rotatable bonds is 2. The van der Waals surface area contributed by atoms with E-state index in [0.717, 1.165) is 16.1 Å². The zero-order valence-corrected chi connectivity index (χ0v) is 12.5. The molecule has 0 amide bonds. The average Bonchev–Trinajstić information content (AvgIpc) is 3.12. The van der Waals surface area contributed by atoms with Crippen LogP contribution in [0.4, 0.5) is 4.39 Å². The normalized spacial score (nSPS) is 11.2. The highest BCUT2D eigenvalue weighted by Gasteiger charge is 2.14. The summed E-state index contributed by atoms with van der Waals surface area (Å²) in [6, 6.07) is 8.39. The summed E-state index contributed by atoms with van der Waals surface area (Å²) >= 11 is 1.63. The van der Waals surface area contributed by atoms with Crippen LogP contribution in [0, 0.1) is 12.7 Å². The molecule has 4 rings (SSSR count). The van der Waals surface area contributed by atoms with Gasteiger partial charge in [-0.15, -0.1) is 11.3 Å². The van der Waals surface area contributed by atoms with Gasteiger partial charge in [0.25, 0.3) is 0 Å². The SMILES string of the molecule is Cc1ccsc1-c1[nH]nc2ncc(-c3cccc(F)c3)nc12. The maximum Gasteiger partial charge on any atom is 0.200 e. The highest BCUT2D eigenvalue weighted by molar-refractivity contribution is 7.13. The molecule has 22 heavy (non-hydrogen) atoms. The number of hydrogen-bond acceptors (Lipinski definition) is 4. The molecule has 0 spiro atoms. The predicted octanol–water partition coefficient (Wildman–Crippen LogP) is 4.20. The summed E-state index contributed by atoms with van der Waals surface area (Å²) in [6.07, 6.45) is 1.61. The molecule has 6 heteroatoms. The van der Waals surface area contributed by atoms with Gasteiger partial charge in [-0.1, -0.05) is 12.1 Å². The van der Waals surface area contributed by atoms with Gasteiger partial charge in [0.2, 0.25) is 0 Å².